The molecule has 154 valence electrons. The zero-order chi connectivity index (χ0) is 21.8. The smallest absolute Gasteiger partial charge is 0.268 e. The second kappa shape index (κ2) is 9.02. The van der Waals surface area contributed by atoms with Gasteiger partial charge in [-0.05, 0) is 35.4 Å². The predicted octanol–water partition coefficient (Wildman–Crippen LogP) is 4.72. The van der Waals surface area contributed by atoms with Gasteiger partial charge in [-0.25, -0.2) is 0 Å². The summed E-state index contributed by atoms with van der Waals surface area (Å²) in [5.41, 5.74) is 2.54. The first kappa shape index (κ1) is 20.6. The van der Waals surface area contributed by atoms with Gasteiger partial charge in [0.25, 0.3) is 11.8 Å². The number of benzene rings is 3. The fraction of sp³-hybridized carbons (Fsp3) is 0.0800. The lowest BCUT2D eigenvalue weighted by Gasteiger charge is -2.15. The van der Waals surface area contributed by atoms with Crippen LogP contribution >= 0.6 is 11.8 Å². The largest absolute Gasteiger partial charge is 0.326 e. The van der Waals surface area contributed by atoms with Crippen LogP contribution in [0.4, 0.5) is 5.69 Å². The Balaban J connectivity index is 1.71. The van der Waals surface area contributed by atoms with Gasteiger partial charge in [0.2, 0.25) is 5.91 Å². The summed E-state index contributed by atoms with van der Waals surface area (Å²) in [6.07, 6.45) is 0. The molecule has 0 saturated carbocycles. The van der Waals surface area contributed by atoms with Crippen LogP contribution < -0.4 is 5.32 Å². The van der Waals surface area contributed by atoms with E-state index < -0.39 is 0 Å². The van der Waals surface area contributed by atoms with E-state index in [0.717, 1.165) is 10.5 Å². The predicted molar refractivity (Wildman–Crippen MR) is 122 cm³/mol. The van der Waals surface area contributed by atoms with Crippen molar-refractivity contribution < 1.29 is 14.4 Å². The zero-order valence-corrected chi connectivity index (χ0v) is 17.7. The van der Waals surface area contributed by atoms with E-state index in [-0.39, 0.29) is 24.3 Å². The molecule has 3 aromatic rings. The third-order valence-electron chi connectivity index (χ3n) is 4.77. The maximum Gasteiger partial charge on any atom is 0.268 e. The fourth-order valence-electron chi connectivity index (χ4n) is 3.34. The van der Waals surface area contributed by atoms with Crippen molar-refractivity contribution >= 4 is 40.7 Å². The summed E-state index contributed by atoms with van der Waals surface area (Å²) in [5.74, 6) is -0.795. The van der Waals surface area contributed by atoms with Crippen LogP contribution in [0.15, 0.2) is 94.7 Å². The van der Waals surface area contributed by atoms with Crippen LogP contribution in [0.1, 0.15) is 18.1 Å². The van der Waals surface area contributed by atoms with Crippen LogP contribution in [-0.4, -0.2) is 22.6 Å². The highest BCUT2D eigenvalue weighted by Gasteiger charge is 2.39. The number of imide groups is 1. The first-order valence-corrected chi connectivity index (χ1v) is 10.6. The molecule has 3 aromatic carbocycles. The number of hydrogen-bond donors (Lipinski definition) is 1. The normalized spacial score (nSPS) is 13.6. The molecule has 1 aliphatic heterocycles. The van der Waals surface area contributed by atoms with Gasteiger partial charge in [-0.1, -0.05) is 72.4 Å². The summed E-state index contributed by atoms with van der Waals surface area (Å²) < 4.78 is 0. The van der Waals surface area contributed by atoms with E-state index in [1.54, 1.807) is 24.3 Å². The van der Waals surface area contributed by atoms with Gasteiger partial charge in [0.1, 0.15) is 0 Å². The minimum atomic E-state index is -0.320. The van der Waals surface area contributed by atoms with Gasteiger partial charge in [0, 0.05) is 17.5 Å². The molecular weight excluding hydrogens is 408 g/mol. The van der Waals surface area contributed by atoms with Gasteiger partial charge in [0.05, 0.1) is 17.0 Å². The number of hydrogen-bond acceptors (Lipinski definition) is 4. The van der Waals surface area contributed by atoms with Gasteiger partial charge in [0.15, 0.2) is 0 Å². The third-order valence-corrected chi connectivity index (χ3v) is 5.86. The summed E-state index contributed by atoms with van der Waals surface area (Å²) in [4.78, 5) is 40.5. The Morgan fingerprint density at radius 2 is 1.45 bits per heavy atom. The minimum absolute atomic E-state index is 0.173. The molecule has 0 fully saturated rings. The van der Waals surface area contributed by atoms with Crippen LogP contribution in [0.2, 0.25) is 0 Å². The molecule has 0 atom stereocenters. The topological polar surface area (TPSA) is 66.5 Å². The van der Waals surface area contributed by atoms with E-state index in [1.807, 2.05) is 60.7 Å². The van der Waals surface area contributed by atoms with Crippen LogP contribution in [0.25, 0.3) is 5.57 Å². The number of carbonyl (C=O) groups excluding carboxylic acids is 3. The number of carbonyl (C=O) groups is 3. The third kappa shape index (κ3) is 4.59. The molecule has 6 heteroatoms. The summed E-state index contributed by atoms with van der Waals surface area (Å²) in [5, 5.41) is 2.71. The second-order valence-corrected chi connectivity index (χ2v) is 8.14. The van der Waals surface area contributed by atoms with E-state index in [2.05, 4.69) is 5.32 Å². The first-order chi connectivity index (χ1) is 15.0. The van der Waals surface area contributed by atoms with Crippen LogP contribution in [-0.2, 0) is 20.9 Å². The minimum Gasteiger partial charge on any atom is -0.326 e. The number of anilines is 1. The molecule has 0 spiro atoms. The molecule has 1 N–H and O–H groups in total. The highest BCUT2D eigenvalue weighted by atomic mass is 32.2. The Hall–Kier alpha value is -3.64. The molecule has 0 radical (unpaired) electrons. The molecule has 0 bridgehead atoms. The lowest BCUT2D eigenvalue weighted by atomic mass is 10.1. The van der Waals surface area contributed by atoms with Gasteiger partial charge in [-0.15, -0.1) is 0 Å². The van der Waals surface area contributed by atoms with E-state index >= 15 is 0 Å². The lowest BCUT2D eigenvalue weighted by Crippen LogP contribution is -2.30. The summed E-state index contributed by atoms with van der Waals surface area (Å²) in [6, 6.07) is 25.9. The lowest BCUT2D eigenvalue weighted by molar-refractivity contribution is -0.137. The van der Waals surface area contributed by atoms with E-state index in [0.29, 0.717) is 21.7 Å². The van der Waals surface area contributed by atoms with Crippen molar-refractivity contribution in [1.29, 1.82) is 0 Å². The highest BCUT2D eigenvalue weighted by Crippen LogP contribution is 2.40. The molecule has 0 aromatic heterocycles. The highest BCUT2D eigenvalue weighted by molar-refractivity contribution is 8.04. The Morgan fingerprint density at radius 3 is 2.06 bits per heavy atom. The number of thioether (sulfide) groups is 1. The maximum absolute atomic E-state index is 13.3. The summed E-state index contributed by atoms with van der Waals surface area (Å²) in [7, 11) is 0. The molecule has 1 aliphatic rings. The molecule has 31 heavy (non-hydrogen) atoms. The van der Waals surface area contributed by atoms with Crippen molar-refractivity contribution in [2.75, 3.05) is 5.32 Å². The van der Waals surface area contributed by atoms with E-state index in [1.165, 1.54) is 23.6 Å². The summed E-state index contributed by atoms with van der Waals surface area (Å²) in [6.45, 7) is 1.65. The molecule has 0 saturated heterocycles. The van der Waals surface area contributed by atoms with Gasteiger partial charge in [-0.3, -0.25) is 19.3 Å². The van der Waals surface area contributed by atoms with Crippen molar-refractivity contribution in [3.8, 4) is 0 Å². The zero-order valence-electron chi connectivity index (χ0n) is 16.9. The van der Waals surface area contributed by atoms with E-state index in [4.69, 9.17) is 0 Å². The molecule has 4 rings (SSSR count). The summed E-state index contributed by atoms with van der Waals surface area (Å²) >= 11 is 1.29. The van der Waals surface area contributed by atoms with Gasteiger partial charge < -0.3 is 5.32 Å². The molecule has 3 amide bonds. The molecule has 5 nitrogen and oxygen atoms in total. The van der Waals surface area contributed by atoms with Crippen molar-refractivity contribution in [3.05, 3.63) is 101 Å². The van der Waals surface area contributed by atoms with Crippen molar-refractivity contribution in [1.82, 2.24) is 4.90 Å². The molecule has 0 aliphatic carbocycles. The van der Waals surface area contributed by atoms with Crippen molar-refractivity contribution in [2.45, 2.75) is 18.4 Å². The molecular formula is C25H20N2O3S. The molecule has 0 unspecified atom stereocenters. The van der Waals surface area contributed by atoms with Gasteiger partial charge >= 0.3 is 0 Å². The standard InChI is InChI=1S/C25H20N2O3S/c1-17(28)26-20-14-12-19(13-15-20)22-23(31-21-10-6-3-7-11-21)25(30)27(24(22)29)16-18-8-4-2-5-9-18/h2-15H,16H2,1H3,(H,26,28). The van der Waals surface area contributed by atoms with Crippen LogP contribution in [0.5, 0.6) is 0 Å². The SMILES string of the molecule is CC(=O)Nc1ccc(C2=C(Sc3ccccc3)C(=O)N(Cc3ccccc3)C2=O)cc1. The average molecular weight is 429 g/mol. The average Bonchev–Trinajstić information content (AvgIpc) is 3.00. The Labute approximate surface area is 184 Å². The second-order valence-electron chi connectivity index (χ2n) is 7.06. The Bertz CT molecular complexity index is 1160. The van der Waals surface area contributed by atoms with Gasteiger partial charge in [-0.2, -0.15) is 0 Å². The molecule has 1 heterocycles. The van der Waals surface area contributed by atoms with Crippen LogP contribution in [0, 0.1) is 0 Å². The quantitative estimate of drug-likeness (QED) is 0.577. The van der Waals surface area contributed by atoms with Crippen molar-refractivity contribution in [3.63, 3.8) is 0 Å². The van der Waals surface area contributed by atoms with Crippen LogP contribution in [0.3, 0.4) is 0 Å². The maximum atomic E-state index is 13.3. The first-order valence-electron chi connectivity index (χ1n) is 9.78. The Kier molecular flexibility index (Phi) is 6.00. The number of amides is 3. The fourth-order valence-corrected chi connectivity index (χ4v) is 4.38. The number of nitrogens with zero attached hydrogens (tertiary/aromatic N) is 1. The van der Waals surface area contributed by atoms with Crippen molar-refractivity contribution in [2.24, 2.45) is 0 Å². The monoisotopic (exact) mass is 428 g/mol. The van der Waals surface area contributed by atoms with E-state index in [9.17, 15) is 14.4 Å². The number of nitrogens with one attached hydrogen (secondary N) is 1. The number of rotatable bonds is 6. The Morgan fingerprint density at radius 1 is 0.839 bits per heavy atom.